The molecule has 9 heteroatoms. The van der Waals surface area contributed by atoms with Crippen LogP contribution in [0.1, 0.15) is 12.5 Å². The fourth-order valence-electron chi connectivity index (χ4n) is 2.17. The van der Waals surface area contributed by atoms with Crippen molar-refractivity contribution in [3.8, 4) is 5.75 Å². The molecule has 2 aromatic rings. The Hall–Kier alpha value is -1.90. The molecule has 1 atom stereocenters. The first-order valence-electron chi connectivity index (χ1n) is 8.27. The number of hydrogen-bond acceptors (Lipinski definition) is 4. The highest BCUT2D eigenvalue weighted by Crippen LogP contribution is 2.35. The Balaban J connectivity index is 2.15. The minimum absolute atomic E-state index is 0.0421. The molecule has 4 nitrogen and oxygen atoms in total. The van der Waals surface area contributed by atoms with Gasteiger partial charge in [-0.3, -0.25) is 4.79 Å². The molecule has 0 heterocycles. The van der Waals surface area contributed by atoms with Gasteiger partial charge in [-0.1, -0.05) is 11.6 Å². The lowest BCUT2D eigenvalue weighted by Gasteiger charge is -2.17. The number of carbonyl (C=O) groups excluding carboxylic acids is 1. The summed E-state index contributed by atoms with van der Waals surface area (Å²) in [5, 5.41) is 2.55. The number of alkyl halides is 3. The van der Waals surface area contributed by atoms with Crippen LogP contribution in [0.4, 0.5) is 18.9 Å². The number of methoxy groups -OCH3 is 1. The van der Waals surface area contributed by atoms with Gasteiger partial charge in [0.05, 0.1) is 23.1 Å². The molecule has 28 heavy (non-hydrogen) atoms. The summed E-state index contributed by atoms with van der Waals surface area (Å²) in [6.45, 7) is 2.06. The summed E-state index contributed by atoms with van der Waals surface area (Å²) in [4.78, 5) is 13.3. The van der Waals surface area contributed by atoms with Crippen molar-refractivity contribution in [1.29, 1.82) is 0 Å². The van der Waals surface area contributed by atoms with Crippen molar-refractivity contribution >= 4 is 35.0 Å². The predicted molar refractivity (Wildman–Crippen MR) is 104 cm³/mol. The number of rotatable bonds is 8. The Bertz CT molecular complexity index is 800. The van der Waals surface area contributed by atoms with Gasteiger partial charge >= 0.3 is 6.18 Å². The molecule has 2 aromatic carbocycles. The van der Waals surface area contributed by atoms with Crippen molar-refractivity contribution in [2.45, 2.75) is 23.2 Å². The van der Waals surface area contributed by atoms with Crippen LogP contribution in [0, 0.1) is 0 Å². The fraction of sp³-hybridized carbons (Fsp3) is 0.316. The Morgan fingerprint density at radius 1 is 1.18 bits per heavy atom. The Morgan fingerprint density at radius 2 is 1.86 bits per heavy atom. The standard InChI is InChI=1S/C19H19ClF3NO3S/c1-12(28-15-6-4-14(20)5-7-15)18(25)24-16-11-13(19(21,22)23)3-8-17(16)27-10-9-26-2/h3-8,11-12H,9-10H2,1-2H3,(H,24,25). The summed E-state index contributed by atoms with van der Waals surface area (Å²) in [6, 6.07) is 9.88. The Labute approximate surface area is 170 Å². The average molecular weight is 434 g/mol. The minimum Gasteiger partial charge on any atom is -0.489 e. The van der Waals surface area contributed by atoms with Crippen LogP contribution in [0.25, 0.3) is 0 Å². The van der Waals surface area contributed by atoms with Crippen LogP contribution in [0.15, 0.2) is 47.4 Å². The second kappa shape index (κ2) is 10.0. The fourth-order valence-corrected chi connectivity index (χ4v) is 3.16. The highest BCUT2D eigenvalue weighted by Gasteiger charge is 2.31. The molecule has 0 aromatic heterocycles. The molecule has 0 saturated heterocycles. The third-order valence-corrected chi connectivity index (χ3v) is 4.97. The van der Waals surface area contributed by atoms with Gasteiger partial charge in [-0.05, 0) is 49.4 Å². The highest BCUT2D eigenvalue weighted by atomic mass is 35.5. The second-order valence-electron chi connectivity index (χ2n) is 5.75. The topological polar surface area (TPSA) is 47.6 Å². The van der Waals surface area contributed by atoms with E-state index in [1.165, 1.54) is 24.9 Å². The maximum atomic E-state index is 13.0. The van der Waals surface area contributed by atoms with E-state index in [0.717, 1.165) is 17.0 Å². The third kappa shape index (κ3) is 6.61. The van der Waals surface area contributed by atoms with Gasteiger partial charge in [-0.25, -0.2) is 0 Å². The molecule has 0 fully saturated rings. The quantitative estimate of drug-likeness (QED) is 0.441. The highest BCUT2D eigenvalue weighted by molar-refractivity contribution is 8.00. The number of ether oxygens (including phenoxy) is 2. The van der Waals surface area contributed by atoms with Crippen LogP contribution in [0.2, 0.25) is 5.02 Å². The summed E-state index contributed by atoms with van der Waals surface area (Å²) in [5.74, 6) is -0.307. The van der Waals surface area contributed by atoms with Crippen LogP contribution in [0.5, 0.6) is 5.75 Å². The van der Waals surface area contributed by atoms with Gasteiger partial charge in [0.2, 0.25) is 5.91 Å². The molecule has 0 spiro atoms. The molecule has 1 unspecified atom stereocenters. The first-order chi connectivity index (χ1) is 13.2. The molecular formula is C19H19ClF3NO3S. The molecule has 0 saturated carbocycles. The van der Waals surface area contributed by atoms with Crippen LogP contribution in [-0.2, 0) is 15.7 Å². The minimum atomic E-state index is -4.53. The Morgan fingerprint density at radius 3 is 2.46 bits per heavy atom. The molecule has 0 radical (unpaired) electrons. The van der Waals surface area contributed by atoms with Gasteiger partial charge in [-0.2, -0.15) is 13.2 Å². The van der Waals surface area contributed by atoms with Crippen molar-refractivity contribution in [2.75, 3.05) is 25.6 Å². The average Bonchev–Trinajstić information content (AvgIpc) is 2.64. The first kappa shape index (κ1) is 22.4. The van der Waals surface area contributed by atoms with E-state index in [9.17, 15) is 18.0 Å². The smallest absolute Gasteiger partial charge is 0.416 e. The lowest BCUT2D eigenvalue weighted by molar-refractivity contribution is -0.137. The van der Waals surface area contributed by atoms with E-state index in [0.29, 0.717) is 5.02 Å². The number of hydrogen-bond donors (Lipinski definition) is 1. The second-order valence-corrected chi connectivity index (χ2v) is 7.60. The van der Waals surface area contributed by atoms with Gasteiger partial charge in [0.15, 0.2) is 0 Å². The van der Waals surface area contributed by atoms with Gasteiger partial charge in [-0.15, -0.1) is 11.8 Å². The summed E-state index contributed by atoms with van der Waals surface area (Å²) in [7, 11) is 1.48. The summed E-state index contributed by atoms with van der Waals surface area (Å²) < 4.78 is 49.4. The Kier molecular flexibility index (Phi) is 8.03. The van der Waals surface area contributed by atoms with Crippen molar-refractivity contribution in [2.24, 2.45) is 0 Å². The molecule has 0 aliphatic heterocycles. The zero-order chi connectivity index (χ0) is 20.7. The number of halogens is 4. The van der Waals surface area contributed by atoms with Crippen molar-refractivity contribution in [1.82, 2.24) is 0 Å². The largest absolute Gasteiger partial charge is 0.489 e. The number of benzene rings is 2. The van der Waals surface area contributed by atoms with Gasteiger partial charge in [0, 0.05) is 17.0 Å². The van der Waals surface area contributed by atoms with Crippen LogP contribution in [-0.4, -0.2) is 31.5 Å². The van der Waals surface area contributed by atoms with E-state index < -0.39 is 22.9 Å². The van der Waals surface area contributed by atoms with Crippen molar-refractivity contribution in [3.63, 3.8) is 0 Å². The molecule has 1 amide bonds. The number of carbonyl (C=O) groups is 1. The molecule has 0 aliphatic rings. The van der Waals surface area contributed by atoms with Gasteiger partial charge < -0.3 is 14.8 Å². The predicted octanol–water partition coefficient (Wildman–Crippen LogP) is 5.50. The molecule has 2 rings (SSSR count). The summed E-state index contributed by atoms with van der Waals surface area (Å²) in [6.07, 6.45) is -4.53. The number of nitrogens with one attached hydrogen (secondary N) is 1. The van der Waals surface area contributed by atoms with Crippen LogP contribution in [0.3, 0.4) is 0 Å². The third-order valence-electron chi connectivity index (χ3n) is 3.61. The number of anilines is 1. The van der Waals surface area contributed by atoms with Crippen LogP contribution < -0.4 is 10.1 Å². The summed E-state index contributed by atoms with van der Waals surface area (Å²) in [5.41, 5.74) is -0.917. The SMILES string of the molecule is COCCOc1ccc(C(F)(F)F)cc1NC(=O)C(C)Sc1ccc(Cl)cc1. The normalized spacial score (nSPS) is 12.5. The maximum absolute atomic E-state index is 13.0. The van der Waals surface area contributed by atoms with E-state index >= 15 is 0 Å². The lowest BCUT2D eigenvalue weighted by atomic mass is 10.1. The molecule has 152 valence electrons. The maximum Gasteiger partial charge on any atom is 0.416 e. The number of amides is 1. The van der Waals surface area contributed by atoms with Crippen LogP contribution >= 0.6 is 23.4 Å². The van der Waals surface area contributed by atoms with E-state index in [1.807, 2.05) is 0 Å². The monoisotopic (exact) mass is 433 g/mol. The van der Waals surface area contributed by atoms with Crippen molar-refractivity contribution < 1.29 is 27.4 Å². The zero-order valence-corrected chi connectivity index (χ0v) is 16.8. The van der Waals surface area contributed by atoms with Gasteiger partial charge in [0.1, 0.15) is 12.4 Å². The van der Waals surface area contributed by atoms with E-state index in [-0.39, 0.29) is 24.7 Å². The molecule has 1 N–H and O–H groups in total. The molecular weight excluding hydrogens is 415 g/mol. The summed E-state index contributed by atoms with van der Waals surface area (Å²) >= 11 is 7.10. The van der Waals surface area contributed by atoms with E-state index in [4.69, 9.17) is 21.1 Å². The number of thioether (sulfide) groups is 1. The van der Waals surface area contributed by atoms with E-state index in [2.05, 4.69) is 5.32 Å². The van der Waals surface area contributed by atoms with Gasteiger partial charge in [0.25, 0.3) is 0 Å². The zero-order valence-electron chi connectivity index (χ0n) is 15.2. The van der Waals surface area contributed by atoms with Crippen molar-refractivity contribution in [3.05, 3.63) is 53.1 Å². The van der Waals surface area contributed by atoms with E-state index in [1.54, 1.807) is 31.2 Å². The molecule has 0 aliphatic carbocycles. The first-order valence-corrected chi connectivity index (χ1v) is 9.52. The lowest BCUT2D eigenvalue weighted by Crippen LogP contribution is -2.23. The molecule has 0 bridgehead atoms.